The van der Waals surface area contributed by atoms with E-state index in [2.05, 4.69) is 41.4 Å². The van der Waals surface area contributed by atoms with Gasteiger partial charge in [0.1, 0.15) is 11.5 Å². The van der Waals surface area contributed by atoms with Gasteiger partial charge in [0, 0.05) is 17.1 Å². The highest BCUT2D eigenvalue weighted by molar-refractivity contribution is 6.06. The van der Waals surface area contributed by atoms with Crippen LogP contribution in [0.15, 0.2) is 42.5 Å². The van der Waals surface area contributed by atoms with E-state index >= 15 is 0 Å². The lowest BCUT2D eigenvalue weighted by molar-refractivity contribution is 0.102. The minimum Gasteiger partial charge on any atom is -0.350 e. The number of rotatable bonds is 4. The number of benzene rings is 2. The number of H-pyrrole nitrogens is 1. The lowest BCUT2D eigenvalue weighted by Gasteiger charge is -2.19. The number of carbonyl (C=O) groups is 1. The Balaban J connectivity index is 1.53. The summed E-state index contributed by atoms with van der Waals surface area (Å²) < 4.78 is 14.0. The SMILES string of the molecule is Cc1ccc(F)c2cc(C(=O)Nc3cccc(C4CC[C@H](N(C)C)C4)c3)[nH]c12. The van der Waals surface area contributed by atoms with Crippen LogP contribution in [0.3, 0.4) is 0 Å². The van der Waals surface area contributed by atoms with Gasteiger partial charge in [-0.2, -0.15) is 0 Å². The Morgan fingerprint density at radius 3 is 2.71 bits per heavy atom. The molecule has 1 unspecified atom stereocenters. The van der Waals surface area contributed by atoms with Gasteiger partial charge in [0.25, 0.3) is 5.91 Å². The quantitative estimate of drug-likeness (QED) is 0.665. The zero-order valence-electron chi connectivity index (χ0n) is 16.6. The van der Waals surface area contributed by atoms with Crippen molar-refractivity contribution in [3.63, 3.8) is 0 Å². The van der Waals surface area contributed by atoms with Crippen molar-refractivity contribution in [1.29, 1.82) is 0 Å². The molecule has 1 saturated carbocycles. The van der Waals surface area contributed by atoms with E-state index in [1.54, 1.807) is 12.1 Å². The van der Waals surface area contributed by atoms with Crippen LogP contribution in [0, 0.1) is 12.7 Å². The number of carbonyl (C=O) groups excluding carboxylic acids is 1. The summed E-state index contributed by atoms with van der Waals surface area (Å²) in [4.78, 5) is 18.1. The number of aromatic amines is 1. The first-order chi connectivity index (χ1) is 13.4. The number of hydrogen-bond donors (Lipinski definition) is 2. The molecule has 2 N–H and O–H groups in total. The summed E-state index contributed by atoms with van der Waals surface area (Å²) in [6.07, 6.45) is 3.51. The molecule has 5 heteroatoms. The van der Waals surface area contributed by atoms with Crippen molar-refractivity contribution >= 4 is 22.5 Å². The zero-order chi connectivity index (χ0) is 19.8. The van der Waals surface area contributed by atoms with Crippen LogP contribution >= 0.6 is 0 Å². The van der Waals surface area contributed by atoms with Gasteiger partial charge in [-0.1, -0.05) is 18.2 Å². The van der Waals surface area contributed by atoms with E-state index < -0.39 is 0 Å². The molecule has 1 aromatic heterocycles. The third kappa shape index (κ3) is 3.54. The molecule has 0 saturated heterocycles. The van der Waals surface area contributed by atoms with Crippen LogP contribution in [-0.2, 0) is 0 Å². The molecule has 0 spiro atoms. The molecule has 2 aromatic carbocycles. The second-order valence-electron chi connectivity index (χ2n) is 8.04. The first-order valence-electron chi connectivity index (χ1n) is 9.78. The van der Waals surface area contributed by atoms with Gasteiger partial charge in [-0.3, -0.25) is 4.79 Å². The van der Waals surface area contributed by atoms with Crippen molar-refractivity contribution < 1.29 is 9.18 Å². The molecule has 0 bridgehead atoms. The Labute approximate surface area is 164 Å². The van der Waals surface area contributed by atoms with E-state index in [0.717, 1.165) is 17.7 Å². The fourth-order valence-corrected chi connectivity index (χ4v) is 4.25. The maximum Gasteiger partial charge on any atom is 0.272 e. The van der Waals surface area contributed by atoms with Crippen molar-refractivity contribution in [3.8, 4) is 0 Å². The second-order valence-corrected chi connectivity index (χ2v) is 8.04. The zero-order valence-corrected chi connectivity index (χ0v) is 16.6. The Morgan fingerprint density at radius 1 is 1.18 bits per heavy atom. The van der Waals surface area contributed by atoms with Gasteiger partial charge in [0.05, 0.1) is 5.52 Å². The molecule has 4 rings (SSSR count). The van der Waals surface area contributed by atoms with Crippen LogP contribution in [0.5, 0.6) is 0 Å². The molecule has 1 aliphatic carbocycles. The number of aryl methyl sites for hydroxylation is 1. The Morgan fingerprint density at radius 2 is 2.00 bits per heavy atom. The van der Waals surface area contributed by atoms with Gasteiger partial charge in [-0.25, -0.2) is 4.39 Å². The van der Waals surface area contributed by atoms with Gasteiger partial charge in [0.2, 0.25) is 0 Å². The summed E-state index contributed by atoms with van der Waals surface area (Å²) in [5.41, 5.74) is 3.98. The number of nitrogens with one attached hydrogen (secondary N) is 2. The monoisotopic (exact) mass is 379 g/mol. The fraction of sp³-hybridized carbons (Fsp3) is 0.348. The second kappa shape index (κ2) is 7.40. The summed E-state index contributed by atoms with van der Waals surface area (Å²) in [5.74, 6) is -0.0617. The highest BCUT2D eigenvalue weighted by Crippen LogP contribution is 2.37. The summed E-state index contributed by atoms with van der Waals surface area (Å²) in [5, 5.41) is 3.40. The molecule has 0 aliphatic heterocycles. The maximum atomic E-state index is 14.0. The first-order valence-corrected chi connectivity index (χ1v) is 9.78. The topological polar surface area (TPSA) is 48.1 Å². The molecule has 146 valence electrons. The lowest BCUT2D eigenvalue weighted by Crippen LogP contribution is -2.24. The minimum absolute atomic E-state index is 0.260. The van der Waals surface area contributed by atoms with Crippen molar-refractivity contribution in [1.82, 2.24) is 9.88 Å². The largest absolute Gasteiger partial charge is 0.350 e. The average molecular weight is 379 g/mol. The van der Waals surface area contributed by atoms with E-state index in [9.17, 15) is 9.18 Å². The Hall–Kier alpha value is -2.66. The molecular formula is C23H26FN3O. The van der Waals surface area contributed by atoms with Crippen LogP contribution in [0.1, 0.15) is 46.8 Å². The van der Waals surface area contributed by atoms with E-state index in [-0.39, 0.29) is 11.7 Å². The number of fused-ring (bicyclic) bond motifs is 1. The fourth-order valence-electron chi connectivity index (χ4n) is 4.25. The highest BCUT2D eigenvalue weighted by Gasteiger charge is 2.27. The van der Waals surface area contributed by atoms with Crippen molar-refractivity contribution in [2.75, 3.05) is 19.4 Å². The lowest BCUT2D eigenvalue weighted by atomic mass is 9.97. The van der Waals surface area contributed by atoms with Crippen molar-refractivity contribution in [2.45, 2.75) is 38.1 Å². The van der Waals surface area contributed by atoms with Crippen LogP contribution in [0.4, 0.5) is 10.1 Å². The maximum absolute atomic E-state index is 14.0. The summed E-state index contributed by atoms with van der Waals surface area (Å²) in [6.45, 7) is 1.89. The Kier molecular flexibility index (Phi) is 4.94. The summed E-state index contributed by atoms with van der Waals surface area (Å²) >= 11 is 0. The molecule has 1 fully saturated rings. The molecule has 3 aromatic rings. The van der Waals surface area contributed by atoms with Crippen LogP contribution in [0.2, 0.25) is 0 Å². The van der Waals surface area contributed by atoms with Crippen LogP contribution in [0.25, 0.3) is 10.9 Å². The van der Waals surface area contributed by atoms with E-state index in [0.29, 0.717) is 28.6 Å². The third-order valence-corrected chi connectivity index (χ3v) is 5.94. The minimum atomic E-state index is -0.324. The molecule has 1 heterocycles. The Bertz CT molecular complexity index is 985. The first kappa shape index (κ1) is 18.7. The van der Waals surface area contributed by atoms with E-state index in [4.69, 9.17) is 0 Å². The number of anilines is 1. The average Bonchev–Trinajstić information content (AvgIpc) is 3.33. The number of nitrogens with zero attached hydrogens (tertiary/aromatic N) is 1. The molecular weight excluding hydrogens is 353 g/mol. The molecule has 2 atom stereocenters. The van der Waals surface area contributed by atoms with Gasteiger partial charge in [-0.15, -0.1) is 0 Å². The summed E-state index contributed by atoms with van der Waals surface area (Å²) in [6, 6.07) is 13.4. The van der Waals surface area contributed by atoms with Gasteiger partial charge >= 0.3 is 0 Å². The number of amides is 1. The molecule has 1 amide bonds. The number of hydrogen-bond acceptors (Lipinski definition) is 2. The van der Waals surface area contributed by atoms with Gasteiger partial charge in [-0.05, 0) is 81.6 Å². The normalized spacial score (nSPS) is 19.5. The van der Waals surface area contributed by atoms with E-state index in [1.165, 1.54) is 24.5 Å². The molecule has 4 nitrogen and oxygen atoms in total. The van der Waals surface area contributed by atoms with Gasteiger partial charge < -0.3 is 15.2 Å². The predicted octanol–water partition coefficient (Wildman–Crippen LogP) is 5.07. The molecule has 28 heavy (non-hydrogen) atoms. The van der Waals surface area contributed by atoms with Crippen molar-refractivity contribution in [2.24, 2.45) is 0 Å². The number of aromatic nitrogens is 1. The van der Waals surface area contributed by atoms with E-state index in [1.807, 2.05) is 19.1 Å². The van der Waals surface area contributed by atoms with Crippen LogP contribution in [-0.4, -0.2) is 35.9 Å². The highest BCUT2D eigenvalue weighted by atomic mass is 19.1. The summed E-state index contributed by atoms with van der Waals surface area (Å²) in [7, 11) is 4.27. The van der Waals surface area contributed by atoms with Crippen LogP contribution < -0.4 is 5.32 Å². The predicted molar refractivity (Wildman–Crippen MR) is 111 cm³/mol. The smallest absolute Gasteiger partial charge is 0.272 e. The van der Waals surface area contributed by atoms with Gasteiger partial charge in [0.15, 0.2) is 0 Å². The number of halogens is 1. The standard InChI is InChI=1S/C23H26FN3O/c1-14-7-10-20(24)19-13-21(26-22(14)19)23(28)25-17-6-4-5-15(11-17)16-8-9-18(12-16)27(2)3/h4-7,10-11,13,16,18,26H,8-9,12H2,1-3H3,(H,25,28)/t16?,18-/m0/s1. The van der Waals surface area contributed by atoms with Crippen molar-refractivity contribution in [3.05, 3.63) is 65.1 Å². The molecule has 1 aliphatic rings. The molecule has 0 radical (unpaired) electrons. The third-order valence-electron chi connectivity index (χ3n) is 5.94.